The number of hydrogen-bond acceptors (Lipinski definition) is 2. The number of urea groups is 1. The number of carbonyl (C=O) groups excluding carboxylic acids is 1. The number of carbonyl (C=O) groups is 1. The summed E-state index contributed by atoms with van der Waals surface area (Å²) in [7, 11) is 0. The summed E-state index contributed by atoms with van der Waals surface area (Å²) in [5.74, 6) is 0.725. The van der Waals surface area contributed by atoms with Gasteiger partial charge in [0.2, 0.25) is 0 Å². The first-order chi connectivity index (χ1) is 7.09. The van der Waals surface area contributed by atoms with E-state index >= 15 is 0 Å². The maximum Gasteiger partial charge on any atom is 0.312 e. The molecule has 1 aromatic carbocycles. The minimum absolute atomic E-state index is 0.379. The predicted molar refractivity (Wildman–Crippen MR) is 59.3 cm³/mol. The van der Waals surface area contributed by atoms with Crippen LogP contribution in [0.25, 0.3) is 0 Å². The highest BCUT2D eigenvalue weighted by Gasteiger charge is 1.98. The average molecular weight is 229 g/mol. The molecule has 3 N–H and O–H groups in total. The van der Waals surface area contributed by atoms with Gasteiger partial charge in [0, 0.05) is 5.02 Å². The van der Waals surface area contributed by atoms with Crippen LogP contribution in [0.2, 0.25) is 5.02 Å². The van der Waals surface area contributed by atoms with Crippen molar-refractivity contribution in [3.8, 4) is 5.75 Å². The van der Waals surface area contributed by atoms with Crippen LogP contribution in [0.1, 0.15) is 5.56 Å². The zero-order valence-corrected chi connectivity index (χ0v) is 9.17. The molecule has 82 valence electrons. The fourth-order valence-electron chi connectivity index (χ4n) is 1.05. The fraction of sp³-hybridized carbons (Fsp3) is 0.300. The van der Waals surface area contributed by atoms with E-state index in [1.165, 1.54) is 0 Å². The van der Waals surface area contributed by atoms with Crippen LogP contribution >= 0.6 is 11.6 Å². The highest BCUT2D eigenvalue weighted by atomic mass is 35.5. The maximum atomic E-state index is 10.3. The Bertz CT molecular complexity index is 355. The summed E-state index contributed by atoms with van der Waals surface area (Å²) in [6.07, 6.45) is 0. The van der Waals surface area contributed by atoms with Crippen LogP contribution in [0.5, 0.6) is 5.75 Å². The minimum atomic E-state index is -0.550. The number of aryl methyl sites for hydroxylation is 1. The van der Waals surface area contributed by atoms with Crippen molar-refractivity contribution in [2.24, 2.45) is 5.73 Å². The second-order valence-corrected chi connectivity index (χ2v) is 3.46. The van der Waals surface area contributed by atoms with Crippen molar-refractivity contribution < 1.29 is 9.53 Å². The van der Waals surface area contributed by atoms with E-state index in [9.17, 15) is 4.79 Å². The van der Waals surface area contributed by atoms with Gasteiger partial charge in [0.25, 0.3) is 0 Å². The molecule has 5 heteroatoms. The summed E-state index contributed by atoms with van der Waals surface area (Å²) in [5, 5.41) is 3.14. The highest BCUT2D eigenvalue weighted by Crippen LogP contribution is 2.20. The lowest BCUT2D eigenvalue weighted by atomic mass is 10.2. The molecule has 0 saturated heterocycles. The smallest absolute Gasteiger partial charge is 0.312 e. The molecule has 0 aliphatic rings. The van der Waals surface area contributed by atoms with E-state index in [2.05, 4.69) is 5.32 Å². The number of nitrogens with two attached hydrogens (primary N) is 1. The van der Waals surface area contributed by atoms with Gasteiger partial charge in [0.15, 0.2) is 0 Å². The number of amides is 2. The van der Waals surface area contributed by atoms with Crippen molar-refractivity contribution in [1.29, 1.82) is 0 Å². The summed E-state index contributed by atoms with van der Waals surface area (Å²) in [6, 6.07) is 4.84. The Morgan fingerprint density at radius 2 is 2.33 bits per heavy atom. The number of ether oxygens (including phenoxy) is 1. The van der Waals surface area contributed by atoms with Gasteiger partial charge in [-0.2, -0.15) is 0 Å². The molecular weight excluding hydrogens is 216 g/mol. The first-order valence-electron chi connectivity index (χ1n) is 4.52. The van der Waals surface area contributed by atoms with E-state index in [0.29, 0.717) is 18.2 Å². The van der Waals surface area contributed by atoms with Crippen LogP contribution in [0.4, 0.5) is 4.79 Å². The molecule has 0 aliphatic heterocycles. The molecule has 0 aliphatic carbocycles. The van der Waals surface area contributed by atoms with Crippen LogP contribution < -0.4 is 15.8 Å². The zero-order chi connectivity index (χ0) is 11.3. The average Bonchev–Trinajstić information content (AvgIpc) is 2.18. The van der Waals surface area contributed by atoms with E-state index in [-0.39, 0.29) is 0 Å². The molecule has 0 aromatic heterocycles. The third kappa shape index (κ3) is 4.08. The lowest BCUT2D eigenvalue weighted by molar-refractivity contribution is 0.244. The normalized spacial score (nSPS) is 9.73. The molecule has 1 aromatic rings. The van der Waals surface area contributed by atoms with Gasteiger partial charge < -0.3 is 15.8 Å². The van der Waals surface area contributed by atoms with Crippen molar-refractivity contribution in [3.63, 3.8) is 0 Å². The molecule has 0 spiro atoms. The minimum Gasteiger partial charge on any atom is -0.492 e. The van der Waals surface area contributed by atoms with Gasteiger partial charge in [-0.3, -0.25) is 0 Å². The summed E-state index contributed by atoms with van der Waals surface area (Å²) >= 11 is 5.85. The van der Waals surface area contributed by atoms with E-state index in [1.54, 1.807) is 12.1 Å². The van der Waals surface area contributed by atoms with Gasteiger partial charge in [0.1, 0.15) is 12.4 Å². The van der Waals surface area contributed by atoms with E-state index in [4.69, 9.17) is 22.1 Å². The van der Waals surface area contributed by atoms with Crippen molar-refractivity contribution in [2.45, 2.75) is 6.92 Å². The molecule has 0 saturated carbocycles. The van der Waals surface area contributed by atoms with Crippen molar-refractivity contribution >= 4 is 17.6 Å². The third-order valence-electron chi connectivity index (χ3n) is 1.80. The third-order valence-corrected chi connectivity index (χ3v) is 2.22. The zero-order valence-electron chi connectivity index (χ0n) is 8.42. The molecule has 0 atom stereocenters. The Morgan fingerprint density at radius 3 is 2.93 bits per heavy atom. The lowest BCUT2D eigenvalue weighted by Crippen LogP contribution is -2.32. The second kappa shape index (κ2) is 5.46. The summed E-state index contributed by atoms with van der Waals surface area (Å²) in [6.45, 7) is 2.66. The van der Waals surface area contributed by atoms with E-state index in [0.717, 1.165) is 11.3 Å². The molecule has 15 heavy (non-hydrogen) atoms. The van der Waals surface area contributed by atoms with Crippen LogP contribution in [0.15, 0.2) is 18.2 Å². The number of halogens is 1. The van der Waals surface area contributed by atoms with Gasteiger partial charge in [-0.25, -0.2) is 4.79 Å². The Labute approximate surface area is 93.4 Å². The van der Waals surface area contributed by atoms with Gasteiger partial charge in [-0.15, -0.1) is 0 Å². The van der Waals surface area contributed by atoms with Gasteiger partial charge >= 0.3 is 6.03 Å². The highest BCUT2D eigenvalue weighted by molar-refractivity contribution is 6.31. The fourth-order valence-corrected chi connectivity index (χ4v) is 1.17. The number of hydrogen-bond donors (Lipinski definition) is 2. The van der Waals surface area contributed by atoms with Gasteiger partial charge in [-0.05, 0) is 30.7 Å². The van der Waals surface area contributed by atoms with Crippen LogP contribution in [0, 0.1) is 6.92 Å². The molecule has 0 bridgehead atoms. The Morgan fingerprint density at radius 1 is 1.60 bits per heavy atom. The quantitative estimate of drug-likeness (QED) is 0.771. The number of nitrogens with one attached hydrogen (secondary N) is 1. The van der Waals surface area contributed by atoms with Crippen LogP contribution in [0.3, 0.4) is 0 Å². The monoisotopic (exact) mass is 228 g/mol. The largest absolute Gasteiger partial charge is 0.492 e. The Balaban J connectivity index is 2.38. The van der Waals surface area contributed by atoms with Crippen molar-refractivity contribution in [2.75, 3.05) is 13.2 Å². The SMILES string of the molecule is Cc1cc(OCCNC(N)=O)ccc1Cl. The van der Waals surface area contributed by atoms with E-state index in [1.807, 2.05) is 13.0 Å². The molecule has 0 radical (unpaired) electrons. The Hall–Kier alpha value is -1.42. The number of benzene rings is 1. The summed E-state index contributed by atoms with van der Waals surface area (Å²) in [5.41, 5.74) is 5.85. The first kappa shape index (κ1) is 11.7. The molecule has 2 amide bonds. The molecular formula is C10H13ClN2O2. The molecule has 0 unspecified atom stereocenters. The molecule has 1 rings (SSSR count). The molecule has 0 heterocycles. The topological polar surface area (TPSA) is 64.3 Å². The van der Waals surface area contributed by atoms with Crippen molar-refractivity contribution in [3.05, 3.63) is 28.8 Å². The molecule has 4 nitrogen and oxygen atoms in total. The molecule has 0 fully saturated rings. The summed E-state index contributed by atoms with van der Waals surface area (Å²) < 4.78 is 5.36. The van der Waals surface area contributed by atoms with E-state index < -0.39 is 6.03 Å². The van der Waals surface area contributed by atoms with Crippen LogP contribution in [-0.4, -0.2) is 19.2 Å². The maximum absolute atomic E-state index is 10.3. The lowest BCUT2D eigenvalue weighted by Gasteiger charge is -2.07. The number of primary amides is 1. The standard InChI is InChI=1S/C10H13ClN2O2/c1-7-6-8(2-3-9(7)11)15-5-4-13-10(12)14/h2-3,6H,4-5H2,1H3,(H3,12,13,14). The van der Waals surface area contributed by atoms with Gasteiger partial charge in [0.05, 0.1) is 6.54 Å². The van der Waals surface area contributed by atoms with Crippen LogP contribution in [-0.2, 0) is 0 Å². The number of rotatable bonds is 4. The Kier molecular flexibility index (Phi) is 4.24. The second-order valence-electron chi connectivity index (χ2n) is 3.05. The van der Waals surface area contributed by atoms with Gasteiger partial charge in [-0.1, -0.05) is 11.6 Å². The van der Waals surface area contributed by atoms with Crippen molar-refractivity contribution in [1.82, 2.24) is 5.32 Å². The summed E-state index contributed by atoms with van der Waals surface area (Å²) in [4.78, 5) is 10.3. The first-order valence-corrected chi connectivity index (χ1v) is 4.89. The predicted octanol–water partition coefficient (Wildman–Crippen LogP) is 1.70.